The first-order valence-electron chi connectivity index (χ1n) is 8.78. The number of benzene rings is 3. The molecule has 3 aromatic rings. The summed E-state index contributed by atoms with van der Waals surface area (Å²) >= 11 is 0. The maximum absolute atomic E-state index is 2.28. The van der Waals surface area contributed by atoms with Crippen LogP contribution < -0.4 is 0 Å². The lowest BCUT2D eigenvalue weighted by Gasteiger charge is -2.17. The van der Waals surface area contributed by atoms with Crippen LogP contribution in [0.5, 0.6) is 0 Å². The summed E-state index contributed by atoms with van der Waals surface area (Å²) in [7, 11) is 0. The van der Waals surface area contributed by atoms with Gasteiger partial charge in [-0.25, -0.2) is 0 Å². The lowest BCUT2D eigenvalue weighted by Crippen LogP contribution is -2.02. The Labute approximate surface area is 144 Å². The number of hydrogen-bond acceptors (Lipinski definition) is 0. The molecule has 0 amide bonds. The van der Waals surface area contributed by atoms with E-state index in [9.17, 15) is 0 Å². The molecule has 0 heteroatoms. The van der Waals surface area contributed by atoms with Crippen LogP contribution >= 0.6 is 0 Å². The van der Waals surface area contributed by atoms with Gasteiger partial charge in [-0.05, 0) is 41.5 Å². The second kappa shape index (κ2) is 6.88. The van der Waals surface area contributed by atoms with E-state index in [0.717, 1.165) is 6.42 Å². The van der Waals surface area contributed by atoms with Crippen molar-refractivity contribution in [3.05, 3.63) is 113 Å². The van der Waals surface area contributed by atoms with E-state index in [0.29, 0.717) is 5.92 Å². The highest BCUT2D eigenvalue weighted by atomic mass is 14.3. The molecule has 0 spiro atoms. The van der Waals surface area contributed by atoms with Crippen LogP contribution in [0.3, 0.4) is 0 Å². The van der Waals surface area contributed by atoms with E-state index < -0.39 is 0 Å². The summed E-state index contributed by atoms with van der Waals surface area (Å²) < 4.78 is 0. The van der Waals surface area contributed by atoms with Crippen molar-refractivity contribution in [2.24, 2.45) is 0 Å². The summed E-state index contributed by atoms with van der Waals surface area (Å²) in [6.07, 6.45) is 3.44. The fourth-order valence-electron chi connectivity index (χ4n) is 3.90. The van der Waals surface area contributed by atoms with E-state index in [1.165, 1.54) is 29.5 Å². The van der Waals surface area contributed by atoms with Crippen molar-refractivity contribution < 1.29 is 0 Å². The van der Waals surface area contributed by atoms with Gasteiger partial charge in [0, 0.05) is 5.92 Å². The molecule has 0 saturated heterocycles. The molecule has 1 aliphatic rings. The summed E-state index contributed by atoms with van der Waals surface area (Å²) in [6, 6.07) is 32.8. The van der Waals surface area contributed by atoms with Gasteiger partial charge >= 0.3 is 0 Å². The van der Waals surface area contributed by atoms with Gasteiger partial charge in [0.05, 0.1) is 0 Å². The average Bonchev–Trinajstić information content (AvgIpc) is 3.07. The third kappa shape index (κ3) is 3.05. The molecule has 1 unspecified atom stereocenters. The Kier molecular flexibility index (Phi) is 4.29. The Hall–Kier alpha value is -2.60. The summed E-state index contributed by atoms with van der Waals surface area (Å²) in [5.74, 6) is 0.543. The predicted molar refractivity (Wildman–Crippen MR) is 102 cm³/mol. The summed E-state index contributed by atoms with van der Waals surface area (Å²) in [4.78, 5) is 0. The Morgan fingerprint density at radius 1 is 0.667 bits per heavy atom. The van der Waals surface area contributed by atoms with Crippen molar-refractivity contribution >= 4 is 5.57 Å². The summed E-state index contributed by atoms with van der Waals surface area (Å²) in [5.41, 5.74) is 7.40. The van der Waals surface area contributed by atoms with Crippen LogP contribution in [0, 0.1) is 0 Å². The molecule has 0 bridgehead atoms. The van der Waals surface area contributed by atoms with Crippen LogP contribution in [0.1, 0.15) is 35.4 Å². The molecule has 24 heavy (non-hydrogen) atoms. The smallest absolute Gasteiger partial charge is 0.00607 e. The van der Waals surface area contributed by atoms with Crippen molar-refractivity contribution in [3.8, 4) is 0 Å². The monoisotopic (exact) mass is 310 g/mol. The van der Waals surface area contributed by atoms with Crippen LogP contribution in [0.4, 0.5) is 0 Å². The number of allylic oxidation sites excluding steroid dienone is 2. The Morgan fingerprint density at radius 2 is 1.25 bits per heavy atom. The van der Waals surface area contributed by atoms with Gasteiger partial charge in [-0.3, -0.25) is 0 Å². The molecule has 0 fully saturated rings. The molecule has 0 aromatic heterocycles. The second-order valence-corrected chi connectivity index (χ2v) is 6.53. The number of hydrogen-bond donors (Lipinski definition) is 0. The van der Waals surface area contributed by atoms with Gasteiger partial charge in [0.25, 0.3) is 0 Å². The van der Waals surface area contributed by atoms with E-state index in [1.54, 1.807) is 11.1 Å². The maximum atomic E-state index is 2.28. The molecule has 0 heterocycles. The molecule has 0 saturated carbocycles. The molecule has 0 aliphatic heterocycles. The maximum Gasteiger partial charge on any atom is 0.00607 e. The van der Waals surface area contributed by atoms with Crippen LogP contribution in [0.25, 0.3) is 5.57 Å². The zero-order valence-electron chi connectivity index (χ0n) is 13.9. The normalized spacial score (nSPS) is 17.2. The molecule has 118 valence electrons. The van der Waals surface area contributed by atoms with Crippen molar-refractivity contribution in [1.82, 2.24) is 0 Å². The van der Waals surface area contributed by atoms with E-state index in [1.807, 2.05) is 0 Å². The minimum atomic E-state index is 0.543. The Balaban J connectivity index is 1.77. The molecular formula is C24H22. The number of rotatable bonds is 4. The van der Waals surface area contributed by atoms with Gasteiger partial charge < -0.3 is 0 Å². The van der Waals surface area contributed by atoms with E-state index in [4.69, 9.17) is 0 Å². The molecule has 1 aliphatic carbocycles. The lowest BCUT2D eigenvalue weighted by atomic mass is 9.87. The van der Waals surface area contributed by atoms with Gasteiger partial charge in [0.1, 0.15) is 0 Å². The molecule has 3 aromatic carbocycles. The Morgan fingerprint density at radius 3 is 1.92 bits per heavy atom. The standard InChI is InChI=1S/C24H22/c1-4-10-19(11-5-1)18-24-22(20-12-6-2-7-13-20)16-17-23(24)21-14-8-3-9-15-21/h1-15,22H,16-18H2. The summed E-state index contributed by atoms with van der Waals surface area (Å²) in [5, 5.41) is 0. The zero-order valence-corrected chi connectivity index (χ0v) is 13.9. The van der Waals surface area contributed by atoms with Gasteiger partial charge in [-0.15, -0.1) is 0 Å². The van der Waals surface area contributed by atoms with Gasteiger partial charge in [0.15, 0.2) is 0 Å². The zero-order chi connectivity index (χ0) is 16.2. The average molecular weight is 310 g/mol. The minimum absolute atomic E-state index is 0.543. The molecular weight excluding hydrogens is 288 g/mol. The molecule has 1 atom stereocenters. The van der Waals surface area contributed by atoms with Crippen molar-refractivity contribution in [3.63, 3.8) is 0 Å². The third-order valence-corrected chi connectivity index (χ3v) is 5.05. The van der Waals surface area contributed by atoms with Crippen molar-refractivity contribution in [2.75, 3.05) is 0 Å². The van der Waals surface area contributed by atoms with Crippen molar-refractivity contribution in [2.45, 2.75) is 25.2 Å². The van der Waals surface area contributed by atoms with Crippen LogP contribution in [-0.2, 0) is 6.42 Å². The highest BCUT2D eigenvalue weighted by molar-refractivity contribution is 5.73. The first-order chi connectivity index (χ1) is 11.9. The predicted octanol–water partition coefficient (Wildman–Crippen LogP) is 6.26. The molecule has 0 N–H and O–H groups in total. The van der Waals surface area contributed by atoms with Crippen LogP contribution in [0.15, 0.2) is 96.6 Å². The van der Waals surface area contributed by atoms with Crippen molar-refractivity contribution in [1.29, 1.82) is 0 Å². The molecule has 4 rings (SSSR count). The first kappa shape index (κ1) is 15.0. The van der Waals surface area contributed by atoms with Crippen LogP contribution in [-0.4, -0.2) is 0 Å². The second-order valence-electron chi connectivity index (χ2n) is 6.53. The fourth-order valence-corrected chi connectivity index (χ4v) is 3.90. The first-order valence-corrected chi connectivity index (χ1v) is 8.78. The lowest BCUT2D eigenvalue weighted by molar-refractivity contribution is 0.756. The van der Waals surface area contributed by atoms with E-state index in [-0.39, 0.29) is 0 Å². The Bertz CT molecular complexity index is 814. The largest absolute Gasteiger partial charge is 0.0622 e. The topological polar surface area (TPSA) is 0 Å². The van der Waals surface area contributed by atoms with Crippen LogP contribution in [0.2, 0.25) is 0 Å². The molecule has 0 nitrogen and oxygen atoms in total. The fraction of sp³-hybridized carbons (Fsp3) is 0.167. The van der Waals surface area contributed by atoms with E-state index >= 15 is 0 Å². The minimum Gasteiger partial charge on any atom is -0.0622 e. The quantitative estimate of drug-likeness (QED) is 0.533. The molecule has 0 radical (unpaired) electrons. The third-order valence-electron chi connectivity index (χ3n) is 5.05. The summed E-state index contributed by atoms with van der Waals surface area (Å²) in [6.45, 7) is 0. The van der Waals surface area contributed by atoms with Gasteiger partial charge in [-0.1, -0.05) is 96.6 Å². The highest BCUT2D eigenvalue weighted by Crippen LogP contribution is 2.45. The SMILES string of the molecule is c1ccc(CC2=C(c3ccccc3)CCC2c2ccccc2)cc1. The van der Waals surface area contributed by atoms with E-state index in [2.05, 4.69) is 91.0 Å². The highest BCUT2D eigenvalue weighted by Gasteiger charge is 2.27. The van der Waals surface area contributed by atoms with Gasteiger partial charge in [-0.2, -0.15) is 0 Å². The van der Waals surface area contributed by atoms with Gasteiger partial charge in [0.2, 0.25) is 0 Å².